The molecular weight excluding hydrogens is 359 g/mol. The van der Waals surface area contributed by atoms with E-state index in [0.29, 0.717) is 28.8 Å². The van der Waals surface area contributed by atoms with E-state index in [9.17, 15) is 4.79 Å². The fourth-order valence-corrected chi connectivity index (χ4v) is 3.51. The van der Waals surface area contributed by atoms with Gasteiger partial charge in [0.05, 0.1) is 16.1 Å². The average Bonchev–Trinajstić information content (AvgIpc) is 3.05. The summed E-state index contributed by atoms with van der Waals surface area (Å²) < 4.78 is 0. The first-order valence-corrected chi connectivity index (χ1v) is 9.31. The predicted octanol–water partition coefficient (Wildman–Crippen LogP) is 3.98. The normalized spacial score (nSPS) is 14.9. The Bertz CT molecular complexity index is 774. The highest BCUT2D eigenvalue weighted by atomic mass is 35.5. The van der Waals surface area contributed by atoms with E-state index in [1.165, 1.54) is 0 Å². The lowest BCUT2D eigenvalue weighted by atomic mass is 10.0. The third-order valence-corrected chi connectivity index (χ3v) is 5.37. The predicted molar refractivity (Wildman–Crippen MR) is 100 cm³/mol. The number of rotatable bonds is 5. The number of fused-ring (bicyclic) bond motifs is 1. The SMILES string of the molecule is CCCN(C(=O)c1n[nH]c2c1CNCC2)C(C)c1ccc(Cl)c(Cl)c1. The molecule has 1 atom stereocenters. The third-order valence-electron chi connectivity index (χ3n) is 4.63. The van der Waals surface area contributed by atoms with Gasteiger partial charge in [0.15, 0.2) is 5.69 Å². The van der Waals surface area contributed by atoms with Crippen LogP contribution < -0.4 is 5.32 Å². The highest BCUT2D eigenvalue weighted by Crippen LogP contribution is 2.29. The quantitative estimate of drug-likeness (QED) is 0.824. The number of benzene rings is 1. The van der Waals surface area contributed by atoms with E-state index >= 15 is 0 Å². The van der Waals surface area contributed by atoms with Gasteiger partial charge in [-0.3, -0.25) is 9.89 Å². The maximum absolute atomic E-state index is 13.2. The summed E-state index contributed by atoms with van der Waals surface area (Å²) in [5, 5.41) is 11.6. The third kappa shape index (κ3) is 3.68. The number of aromatic nitrogens is 2. The molecule has 0 aliphatic carbocycles. The smallest absolute Gasteiger partial charge is 0.275 e. The first-order valence-electron chi connectivity index (χ1n) is 8.55. The molecule has 2 N–H and O–H groups in total. The second-order valence-electron chi connectivity index (χ2n) is 6.30. The van der Waals surface area contributed by atoms with Crippen LogP contribution in [0.15, 0.2) is 18.2 Å². The molecule has 0 bridgehead atoms. The first kappa shape index (κ1) is 18.2. The van der Waals surface area contributed by atoms with E-state index in [4.69, 9.17) is 23.2 Å². The van der Waals surface area contributed by atoms with Gasteiger partial charge in [0.2, 0.25) is 0 Å². The number of H-pyrrole nitrogens is 1. The lowest BCUT2D eigenvalue weighted by molar-refractivity contribution is 0.0683. The van der Waals surface area contributed by atoms with Crippen molar-refractivity contribution in [2.24, 2.45) is 0 Å². The van der Waals surface area contributed by atoms with Crippen LogP contribution in [0.4, 0.5) is 0 Å². The van der Waals surface area contributed by atoms with Crippen molar-refractivity contribution in [2.45, 2.75) is 39.3 Å². The van der Waals surface area contributed by atoms with Gasteiger partial charge in [-0.1, -0.05) is 36.2 Å². The van der Waals surface area contributed by atoms with E-state index in [1.807, 2.05) is 24.0 Å². The number of nitrogens with zero attached hydrogens (tertiary/aromatic N) is 2. The molecule has 5 nitrogen and oxygen atoms in total. The highest BCUT2D eigenvalue weighted by molar-refractivity contribution is 6.42. The highest BCUT2D eigenvalue weighted by Gasteiger charge is 2.28. The molecule has 134 valence electrons. The lowest BCUT2D eigenvalue weighted by Gasteiger charge is -2.29. The van der Waals surface area contributed by atoms with E-state index in [0.717, 1.165) is 36.2 Å². The van der Waals surface area contributed by atoms with Gasteiger partial charge < -0.3 is 10.2 Å². The molecule has 0 saturated carbocycles. The number of nitrogens with one attached hydrogen (secondary N) is 2. The van der Waals surface area contributed by atoms with Crippen molar-refractivity contribution < 1.29 is 4.79 Å². The Hall–Kier alpha value is -1.56. The summed E-state index contributed by atoms with van der Waals surface area (Å²) in [5.74, 6) is -0.0541. The molecule has 0 spiro atoms. The minimum absolute atomic E-state index is 0.0541. The van der Waals surface area contributed by atoms with Crippen LogP contribution in [0.2, 0.25) is 10.0 Å². The number of hydrogen-bond donors (Lipinski definition) is 2. The zero-order valence-electron chi connectivity index (χ0n) is 14.4. The first-order chi connectivity index (χ1) is 12.0. The Morgan fingerprint density at radius 3 is 2.88 bits per heavy atom. The molecule has 2 heterocycles. The Balaban J connectivity index is 1.90. The standard InChI is InChI=1S/C18H22Cl2N4O/c1-3-8-24(11(2)12-4-5-14(19)15(20)9-12)18(25)17-13-10-21-7-6-16(13)22-23-17/h4-5,9,11,21H,3,6-8,10H2,1-2H3,(H,22,23). The summed E-state index contributed by atoms with van der Waals surface area (Å²) in [5.41, 5.74) is 3.51. The number of carbonyl (C=O) groups excluding carboxylic acids is 1. The summed E-state index contributed by atoms with van der Waals surface area (Å²) in [6.07, 6.45) is 1.73. The van der Waals surface area contributed by atoms with Crippen LogP contribution >= 0.6 is 23.2 Å². The van der Waals surface area contributed by atoms with Gasteiger partial charge in [0.1, 0.15) is 0 Å². The van der Waals surface area contributed by atoms with Gasteiger partial charge in [0, 0.05) is 37.3 Å². The molecule has 0 radical (unpaired) electrons. The van der Waals surface area contributed by atoms with Gasteiger partial charge in [0.25, 0.3) is 5.91 Å². The molecule has 3 rings (SSSR count). The van der Waals surface area contributed by atoms with Crippen LogP contribution in [0, 0.1) is 0 Å². The zero-order valence-corrected chi connectivity index (χ0v) is 15.9. The zero-order chi connectivity index (χ0) is 18.0. The molecule has 0 saturated heterocycles. The monoisotopic (exact) mass is 380 g/mol. The maximum atomic E-state index is 13.2. The minimum atomic E-state index is -0.119. The number of carbonyl (C=O) groups is 1. The summed E-state index contributed by atoms with van der Waals surface area (Å²) in [6, 6.07) is 5.39. The number of hydrogen-bond acceptors (Lipinski definition) is 3. The van der Waals surface area contributed by atoms with Gasteiger partial charge in [-0.15, -0.1) is 0 Å². The Kier molecular flexibility index (Phi) is 5.67. The van der Waals surface area contributed by atoms with Crippen LogP contribution in [0.1, 0.15) is 53.6 Å². The summed E-state index contributed by atoms with van der Waals surface area (Å²) >= 11 is 12.2. The molecule has 0 fully saturated rings. The van der Waals surface area contributed by atoms with Crippen LogP contribution in [0.25, 0.3) is 0 Å². The summed E-state index contributed by atoms with van der Waals surface area (Å²) in [7, 11) is 0. The van der Waals surface area contributed by atoms with Crippen LogP contribution in [0.5, 0.6) is 0 Å². The molecule has 1 aromatic carbocycles. The molecule has 1 aromatic heterocycles. The largest absolute Gasteiger partial charge is 0.330 e. The molecule has 2 aromatic rings. The summed E-state index contributed by atoms with van der Waals surface area (Å²) in [4.78, 5) is 15.0. The van der Waals surface area contributed by atoms with Crippen molar-refractivity contribution in [1.29, 1.82) is 0 Å². The van der Waals surface area contributed by atoms with Crippen molar-refractivity contribution >= 4 is 29.1 Å². The second kappa shape index (κ2) is 7.77. The topological polar surface area (TPSA) is 61.0 Å². The van der Waals surface area contributed by atoms with Gasteiger partial charge in [-0.25, -0.2) is 0 Å². The number of aromatic amines is 1. The molecule has 1 unspecified atom stereocenters. The molecule has 1 amide bonds. The molecule has 7 heteroatoms. The molecule has 25 heavy (non-hydrogen) atoms. The number of halogens is 2. The van der Waals surface area contributed by atoms with Crippen molar-refractivity contribution in [3.63, 3.8) is 0 Å². The maximum Gasteiger partial charge on any atom is 0.275 e. The van der Waals surface area contributed by atoms with Gasteiger partial charge in [-0.2, -0.15) is 5.10 Å². The lowest BCUT2D eigenvalue weighted by Crippen LogP contribution is -2.36. The van der Waals surface area contributed by atoms with E-state index in [-0.39, 0.29) is 11.9 Å². The second-order valence-corrected chi connectivity index (χ2v) is 7.12. The fraction of sp³-hybridized carbons (Fsp3) is 0.444. The van der Waals surface area contributed by atoms with Crippen molar-refractivity contribution in [2.75, 3.05) is 13.1 Å². The average molecular weight is 381 g/mol. The number of amides is 1. The molecule has 1 aliphatic rings. The van der Waals surface area contributed by atoms with Crippen molar-refractivity contribution in [3.05, 3.63) is 50.8 Å². The Labute approximate surface area is 157 Å². The van der Waals surface area contributed by atoms with E-state index in [1.54, 1.807) is 6.07 Å². The van der Waals surface area contributed by atoms with E-state index in [2.05, 4.69) is 22.4 Å². The van der Waals surface area contributed by atoms with Crippen molar-refractivity contribution in [3.8, 4) is 0 Å². The van der Waals surface area contributed by atoms with Crippen molar-refractivity contribution in [1.82, 2.24) is 20.4 Å². The van der Waals surface area contributed by atoms with Gasteiger partial charge in [-0.05, 0) is 31.0 Å². The minimum Gasteiger partial charge on any atom is -0.330 e. The Morgan fingerprint density at radius 2 is 2.16 bits per heavy atom. The summed E-state index contributed by atoms with van der Waals surface area (Å²) in [6.45, 7) is 6.29. The molecular formula is C18H22Cl2N4O. The fourth-order valence-electron chi connectivity index (χ4n) is 3.20. The molecule has 1 aliphatic heterocycles. The van der Waals surface area contributed by atoms with E-state index < -0.39 is 0 Å². The van der Waals surface area contributed by atoms with Crippen LogP contribution in [-0.2, 0) is 13.0 Å². The Morgan fingerprint density at radius 1 is 1.36 bits per heavy atom. The van der Waals surface area contributed by atoms with Crippen LogP contribution in [-0.4, -0.2) is 34.1 Å². The van der Waals surface area contributed by atoms with Crippen LogP contribution in [0.3, 0.4) is 0 Å². The van der Waals surface area contributed by atoms with Gasteiger partial charge >= 0.3 is 0 Å².